The highest BCUT2D eigenvalue weighted by Gasteiger charge is 2.30. The molecular formula is C18H20BrNO. The van der Waals surface area contributed by atoms with Gasteiger partial charge in [-0.15, -0.1) is 0 Å². The van der Waals surface area contributed by atoms with Crippen LogP contribution in [-0.2, 0) is 6.42 Å². The van der Waals surface area contributed by atoms with E-state index in [1.54, 1.807) is 0 Å². The topological polar surface area (TPSA) is 35.2 Å². The summed E-state index contributed by atoms with van der Waals surface area (Å²) in [5, 5.41) is 0. The molecule has 1 heterocycles. The molecule has 0 saturated carbocycles. The van der Waals surface area contributed by atoms with Gasteiger partial charge in [0.15, 0.2) is 0 Å². The Hall–Kier alpha value is -1.32. The van der Waals surface area contributed by atoms with Crippen LogP contribution in [0.15, 0.2) is 40.9 Å². The van der Waals surface area contributed by atoms with Crippen LogP contribution in [0.2, 0.25) is 0 Å². The zero-order valence-electron chi connectivity index (χ0n) is 12.6. The zero-order chi connectivity index (χ0) is 15.2. The molecule has 110 valence electrons. The third-order valence-electron chi connectivity index (χ3n) is 3.99. The van der Waals surface area contributed by atoms with Crippen LogP contribution in [0.4, 0.5) is 0 Å². The van der Waals surface area contributed by atoms with Crippen molar-refractivity contribution in [1.82, 2.24) is 0 Å². The highest BCUT2D eigenvalue weighted by molar-refractivity contribution is 9.10. The summed E-state index contributed by atoms with van der Waals surface area (Å²) in [7, 11) is 0. The summed E-state index contributed by atoms with van der Waals surface area (Å²) in [6.45, 7) is 6.31. The van der Waals surface area contributed by atoms with Crippen LogP contribution >= 0.6 is 15.9 Å². The van der Waals surface area contributed by atoms with E-state index in [9.17, 15) is 0 Å². The third-order valence-corrected chi connectivity index (χ3v) is 4.88. The summed E-state index contributed by atoms with van der Waals surface area (Å²) in [5.74, 6) is 0.989. The van der Waals surface area contributed by atoms with Crippen molar-refractivity contribution >= 4 is 15.9 Å². The van der Waals surface area contributed by atoms with E-state index in [-0.39, 0.29) is 11.6 Å². The van der Waals surface area contributed by atoms with Crippen molar-refractivity contribution in [2.24, 2.45) is 5.73 Å². The van der Waals surface area contributed by atoms with Crippen molar-refractivity contribution in [2.75, 3.05) is 0 Å². The number of halogens is 1. The van der Waals surface area contributed by atoms with Gasteiger partial charge in [-0.05, 0) is 55.2 Å². The number of benzene rings is 2. The Labute approximate surface area is 134 Å². The van der Waals surface area contributed by atoms with E-state index in [0.717, 1.165) is 27.8 Å². The molecule has 2 nitrogen and oxygen atoms in total. The van der Waals surface area contributed by atoms with Crippen LogP contribution < -0.4 is 10.5 Å². The van der Waals surface area contributed by atoms with Crippen LogP contribution in [0, 0.1) is 6.92 Å². The summed E-state index contributed by atoms with van der Waals surface area (Å²) in [5.41, 5.74) is 11.1. The fourth-order valence-corrected chi connectivity index (χ4v) is 3.12. The molecule has 0 fully saturated rings. The predicted molar refractivity (Wildman–Crippen MR) is 89.8 cm³/mol. The molecule has 3 heteroatoms. The van der Waals surface area contributed by atoms with Gasteiger partial charge in [0.2, 0.25) is 0 Å². The average Bonchev–Trinajstić information content (AvgIpc) is 2.73. The fourth-order valence-electron chi connectivity index (χ4n) is 2.88. The van der Waals surface area contributed by atoms with Gasteiger partial charge >= 0.3 is 0 Å². The van der Waals surface area contributed by atoms with Gasteiger partial charge in [-0.1, -0.05) is 40.2 Å². The summed E-state index contributed by atoms with van der Waals surface area (Å²) < 4.78 is 7.04. The Morgan fingerprint density at radius 1 is 1.14 bits per heavy atom. The van der Waals surface area contributed by atoms with Gasteiger partial charge in [0.25, 0.3) is 0 Å². The van der Waals surface area contributed by atoms with E-state index in [1.165, 1.54) is 11.1 Å². The second kappa shape index (κ2) is 5.15. The van der Waals surface area contributed by atoms with Crippen molar-refractivity contribution in [2.45, 2.75) is 38.8 Å². The van der Waals surface area contributed by atoms with Crippen molar-refractivity contribution in [3.63, 3.8) is 0 Å². The Morgan fingerprint density at radius 2 is 1.81 bits per heavy atom. The first kappa shape index (κ1) is 14.6. The van der Waals surface area contributed by atoms with Gasteiger partial charge in [-0.2, -0.15) is 0 Å². The molecule has 21 heavy (non-hydrogen) atoms. The summed E-state index contributed by atoms with van der Waals surface area (Å²) in [6, 6.07) is 12.5. The van der Waals surface area contributed by atoms with E-state index in [0.29, 0.717) is 0 Å². The molecule has 1 aliphatic rings. The van der Waals surface area contributed by atoms with Crippen LogP contribution in [0.25, 0.3) is 0 Å². The number of nitrogens with two attached hydrogens (primary N) is 1. The number of aryl methyl sites for hydroxylation is 1. The van der Waals surface area contributed by atoms with E-state index in [2.05, 4.69) is 67.0 Å². The quantitative estimate of drug-likeness (QED) is 0.868. The fraction of sp³-hybridized carbons (Fsp3) is 0.333. The lowest BCUT2D eigenvalue weighted by molar-refractivity contribution is 0.138. The predicted octanol–water partition coefficient (Wildman–Crippen LogP) is 4.52. The van der Waals surface area contributed by atoms with Gasteiger partial charge in [0, 0.05) is 10.9 Å². The summed E-state index contributed by atoms with van der Waals surface area (Å²) in [4.78, 5) is 0. The highest BCUT2D eigenvalue weighted by Crippen LogP contribution is 2.36. The summed E-state index contributed by atoms with van der Waals surface area (Å²) >= 11 is 3.53. The highest BCUT2D eigenvalue weighted by atomic mass is 79.9. The largest absolute Gasteiger partial charge is 0.487 e. The molecule has 0 spiro atoms. The Kier molecular flexibility index (Phi) is 3.58. The lowest BCUT2D eigenvalue weighted by Crippen LogP contribution is -2.24. The second-order valence-corrected chi connectivity index (χ2v) is 7.25. The lowest BCUT2D eigenvalue weighted by Gasteiger charge is -2.16. The van der Waals surface area contributed by atoms with E-state index in [1.807, 2.05) is 6.07 Å². The Balaban J connectivity index is 1.93. The van der Waals surface area contributed by atoms with E-state index in [4.69, 9.17) is 10.5 Å². The number of rotatable bonds is 2. The van der Waals surface area contributed by atoms with Crippen LogP contribution in [0.3, 0.4) is 0 Å². The van der Waals surface area contributed by atoms with Gasteiger partial charge in [0.05, 0.1) is 6.04 Å². The maximum absolute atomic E-state index is 6.44. The molecule has 2 aromatic carbocycles. The SMILES string of the molecule is Cc1cc(C(N)c2ccc3c(c2)CC(C)(C)O3)ccc1Br. The number of hydrogen-bond donors (Lipinski definition) is 1. The molecule has 0 aliphatic carbocycles. The average molecular weight is 346 g/mol. The molecule has 3 rings (SSSR count). The van der Waals surface area contributed by atoms with E-state index < -0.39 is 0 Å². The molecule has 0 bridgehead atoms. The van der Waals surface area contributed by atoms with Crippen molar-refractivity contribution in [1.29, 1.82) is 0 Å². The number of hydrogen-bond acceptors (Lipinski definition) is 2. The maximum Gasteiger partial charge on any atom is 0.123 e. The number of fused-ring (bicyclic) bond motifs is 1. The molecule has 2 N–H and O–H groups in total. The van der Waals surface area contributed by atoms with Crippen LogP contribution in [0.5, 0.6) is 5.75 Å². The molecule has 0 saturated heterocycles. The van der Waals surface area contributed by atoms with Crippen molar-refractivity contribution < 1.29 is 4.74 Å². The molecular weight excluding hydrogens is 326 g/mol. The molecule has 0 radical (unpaired) electrons. The van der Waals surface area contributed by atoms with Crippen molar-refractivity contribution in [3.8, 4) is 5.75 Å². The first-order valence-electron chi connectivity index (χ1n) is 7.19. The molecule has 0 aromatic heterocycles. The summed E-state index contributed by atoms with van der Waals surface area (Å²) in [6.07, 6.45) is 0.933. The minimum atomic E-state index is -0.112. The molecule has 1 aliphatic heterocycles. The van der Waals surface area contributed by atoms with Crippen molar-refractivity contribution in [3.05, 3.63) is 63.1 Å². The second-order valence-electron chi connectivity index (χ2n) is 6.39. The van der Waals surface area contributed by atoms with Gasteiger partial charge < -0.3 is 10.5 Å². The minimum absolute atomic E-state index is 0.106. The maximum atomic E-state index is 6.44. The molecule has 0 amide bonds. The van der Waals surface area contributed by atoms with Gasteiger partial charge in [-0.3, -0.25) is 0 Å². The minimum Gasteiger partial charge on any atom is -0.487 e. The smallest absolute Gasteiger partial charge is 0.123 e. The van der Waals surface area contributed by atoms with Gasteiger partial charge in [-0.25, -0.2) is 0 Å². The Bertz CT molecular complexity index is 694. The first-order valence-corrected chi connectivity index (χ1v) is 7.98. The van der Waals surface area contributed by atoms with Gasteiger partial charge in [0.1, 0.15) is 11.4 Å². The van der Waals surface area contributed by atoms with Crippen LogP contribution in [0.1, 0.15) is 42.1 Å². The standard InChI is InChI=1S/C18H20BrNO/c1-11-8-12(4-6-15(11)19)17(20)13-5-7-16-14(9-13)10-18(2,3)21-16/h4-9,17H,10,20H2,1-3H3. The molecule has 1 atom stereocenters. The molecule has 2 aromatic rings. The number of ether oxygens (including phenoxy) is 1. The van der Waals surface area contributed by atoms with E-state index >= 15 is 0 Å². The zero-order valence-corrected chi connectivity index (χ0v) is 14.2. The lowest BCUT2D eigenvalue weighted by atomic mass is 9.94. The first-order chi connectivity index (χ1) is 9.85. The third kappa shape index (κ3) is 2.85. The normalized spacial score (nSPS) is 17.2. The molecule has 1 unspecified atom stereocenters. The monoisotopic (exact) mass is 345 g/mol. The van der Waals surface area contributed by atoms with Crippen LogP contribution in [-0.4, -0.2) is 5.60 Å². The Morgan fingerprint density at radius 3 is 2.52 bits per heavy atom.